The maximum atomic E-state index is 10.9. The minimum Gasteiger partial charge on any atom is -0.381 e. The van der Waals surface area contributed by atoms with E-state index in [4.69, 9.17) is 10.5 Å². The number of anilines is 1. The Labute approximate surface area is 107 Å². The molecule has 0 aromatic carbocycles. The van der Waals surface area contributed by atoms with E-state index >= 15 is 0 Å². The lowest BCUT2D eigenvalue weighted by atomic mass is 9.99. The average molecular weight is 249 g/mol. The number of pyridine rings is 1. The van der Waals surface area contributed by atoms with Crippen LogP contribution in [0.5, 0.6) is 0 Å². The Kier molecular flexibility index (Phi) is 4.52. The smallest absolute Gasteiger partial charge is 0.250 e. The molecule has 1 fully saturated rings. The topological polar surface area (TPSA) is 77.2 Å². The van der Waals surface area contributed by atoms with E-state index in [1.165, 1.54) is 12.6 Å². The molecule has 3 N–H and O–H groups in total. The molecule has 5 heteroatoms. The van der Waals surface area contributed by atoms with Crippen LogP contribution in [-0.2, 0) is 4.74 Å². The van der Waals surface area contributed by atoms with Crippen LogP contribution in [0.3, 0.4) is 0 Å². The van der Waals surface area contributed by atoms with Gasteiger partial charge in [-0.1, -0.05) is 0 Å². The number of primary amides is 1. The van der Waals surface area contributed by atoms with E-state index in [1.807, 2.05) is 0 Å². The molecule has 0 bridgehead atoms. The third kappa shape index (κ3) is 3.70. The summed E-state index contributed by atoms with van der Waals surface area (Å²) in [4.78, 5) is 15.0. The van der Waals surface area contributed by atoms with E-state index in [0.717, 1.165) is 38.4 Å². The first-order valence-corrected chi connectivity index (χ1v) is 6.33. The standard InChI is InChI=1S/C13H19N3O2/c14-13(17)11-3-4-12(16-8-11)15-6-5-10-2-1-7-18-9-10/h3-4,8,10H,1-2,5-7,9H2,(H2,14,17)(H,15,16)/t10-/m0/s1. The number of carbonyl (C=O) groups excluding carboxylic acids is 1. The molecular weight excluding hydrogens is 230 g/mol. The largest absolute Gasteiger partial charge is 0.381 e. The summed E-state index contributed by atoms with van der Waals surface area (Å²) in [6.45, 7) is 2.65. The molecule has 18 heavy (non-hydrogen) atoms. The van der Waals surface area contributed by atoms with Crippen molar-refractivity contribution in [3.63, 3.8) is 0 Å². The number of nitrogens with zero attached hydrogens (tertiary/aromatic N) is 1. The third-order valence-electron chi connectivity index (χ3n) is 3.16. The van der Waals surface area contributed by atoms with Crippen molar-refractivity contribution in [2.24, 2.45) is 11.7 Å². The van der Waals surface area contributed by atoms with Crippen LogP contribution in [-0.4, -0.2) is 30.6 Å². The molecule has 1 atom stereocenters. The molecule has 1 aliphatic rings. The summed E-state index contributed by atoms with van der Waals surface area (Å²) in [6, 6.07) is 3.46. The van der Waals surface area contributed by atoms with Crippen LogP contribution >= 0.6 is 0 Å². The number of nitrogens with one attached hydrogen (secondary N) is 1. The number of hydrogen-bond donors (Lipinski definition) is 2. The zero-order valence-electron chi connectivity index (χ0n) is 10.4. The van der Waals surface area contributed by atoms with Gasteiger partial charge in [0.05, 0.1) is 5.56 Å². The maximum Gasteiger partial charge on any atom is 0.250 e. The summed E-state index contributed by atoms with van der Waals surface area (Å²) in [5.41, 5.74) is 5.58. The zero-order valence-corrected chi connectivity index (χ0v) is 10.4. The first-order valence-electron chi connectivity index (χ1n) is 6.33. The zero-order chi connectivity index (χ0) is 12.8. The van der Waals surface area contributed by atoms with Gasteiger partial charge >= 0.3 is 0 Å². The molecule has 2 heterocycles. The molecule has 98 valence electrons. The Hall–Kier alpha value is -1.62. The van der Waals surface area contributed by atoms with Gasteiger partial charge in [0.15, 0.2) is 0 Å². The molecule has 1 saturated heterocycles. The van der Waals surface area contributed by atoms with Crippen molar-refractivity contribution in [1.82, 2.24) is 4.98 Å². The molecule has 1 aliphatic heterocycles. The van der Waals surface area contributed by atoms with Crippen LogP contribution < -0.4 is 11.1 Å². The number of ether oxygens (including phenoxy) is 1. The van der Waals surface area contributed by atoms with Crippen LogP contribution in [0, 0.1) is 5.92 Å². The van der Waals surface area contributed by atoms with Crippen molar-refractivity contribution in [1.29, 1.82) is 0 Å². The van der Waals surface area contributed by atoms with Crippen molar-refractivity contribution in [2.75, 3.05) is 25.1 Å². The number of hydrogen-bond acceptors (Lipinski definition) is 4. The summed E-state index contributed by atoms with van der Waals surface area (Å²) in [5.74, 6) is 0.973. The van der Waals surface area contributed by atoms with Gasteiger partial charge < -0.3 is 15.8 Å². The van der Waals surface area contributed by atoms with Gasteiger partial charge in [0.2, 0.25) is 5.91 Å². The van der Waals surface area contributed by atoms with Crippen LogP contribution in [0.15, 0.2) is 18.3 Å². The van der Waals surface area contributed by atoms with E-state index in [2.05, 4.69) is 10.3 Å². The molecule has 0 unspecified atom stereocenters. The number of nitrogens with two attached hydrogens (primary N) is 1. The number of aromatic nitrogens is 1. The van der Waals surface area contributed by atoms with Crippen molar-refractivity contribution in [3.05, 3.63) is 23.9 Å². The third-order valence-corrected chi connectivity index (χ3v) is 3.16. The molecule has 0 radical (unpaired) electrons. The quantitative estimate of drug-likeness (QED) is 0.827. The number of carbonyl (C=O) groups is 1. The highest BCUT2D eigenvalue weighted by molar-refractivity contribution is 5.92. The second-order valence-corrected chi connectivity index (χ2v) is 4.59. The lowest BCUT2D eigenvalue weighted by Crippen LogP contribution is -2.20. The Morgan fingerprint density at radius 2 is 2.44 bits per heavy atom. The van der Waals surface area contributed by atoms with Gasteiger partial charge in [0.25, 0.3) is 0 Å². The van der Waals surface area contributed by atoms with Gasteiger partial charge in [-0.3, -0.25) is 4.79 Å². The first kappa shape index (κ1) is 12.8. The fourth-order valence-corrected chi connectivity index (χ4v) is 2.08. The highest BCUT2D eigenvalue weighted by atomic mass is 16.5. The summed E-state index contributed by atoms with van der Waals surface area (Å²) < 4.78 is 5.43. The SMILES string of the molecule is NC(=O)c1ccc(NCC[C@@H]2CCCOC2)nc1. The second-order valence-electron chi connectivity index (χ2n) is 4.59. The monoisotopic (exact) mass is 249 g/mol. The van der Waals surface area contributed by atoms with Gasteiger partial charge in [0, 0.05) is 26.0 Å². The highest BCUT2D eigenvalue weighted by Gasteiger charge is 2.13. The predicted octanol–water partition coefficient (Wildman–Crippen LogP) is 1.41. The molecule has 5 nitrogen and oxygen atoms in total. The van der Waals surface area contributed by atoms with Gasteiger partial charge in [-0.2, -0.15) is 0 Å². The summed E-state index contributed by atoms with van der Waals surface area (Å²) in [5, 5.41) is 3.24. The average Bonchev–Trinajstić information content (AvgIpc) is 2.40. The fourth-order valence-electron chi connectivity index (χ4n) is 2.08. The Bertz CT molecular complexity index is 386. The molecule has 1 aromatic rings. The molecule has 0 saturated carbocycles. The fraction of sp³-hybridized carbons (Fsp3) is 0.538. The van der Waals surface area contributed by atoms with Gasteiger partial charge in [0.1, 0.15) is 5.82 Å². The minimum absolute atomic E-state index is 0.432. The Balaban J connectivity index is 1.74. The second kappa shape index (κ2) is 6.35. The lowest BCUT2D eigenvalue weighted by Gasteiger charge is -2.21. The first-order chi connectivity index (χ1) is 8.75. The molecule has 0 aliphatic carbocycles. The molecular formula is C13H19N3O2. The van der Waals surface area contributed by atoms with Crippen LogP contribution in [0.1, 0.15) is 29.6 Å². The number of rotatable bonds is 5. The van der Waals surface area contributed by atoms with Gasteiger partial charge in [-0.15, -0.1) is 0 Å². The Morgan fingerprint density at radius 3 is 3.06 bits per heavy atom. The van der Waals surface area contributed by atoms with Gasteiger partial charge in [-0.05, 0) is 37.3 Å². The van der Waals surface area contributed by atoms with E-state index in [0.29, 0.717) is 11.5 Å². The van der Waals surface area contributed by atoms with E-state index in [-0.39, 0.29) is 0 Å². The Morgan fingerprint density at radius 1 is 1.56 bits per heavy atom. The molecule has 1 amide bonds. The summed E-state index contributed by atoms with van der Waals surface area (Å²) in [6.07, 6.45) is 4.99. The van der Waals surface area contributed by atoms with Crippen LogP contribution in [0.4, 0.5) is 5.82 Å². The molecule has 0 spiro atoms. The van der Waals surface area contributed by atoms with E-state index < -0.39 is 5.91 Å². The van der Waals surface area contributed by atoms with Crippen molar-refractivity contribution in [3.8, 4) is 0 Å². The van der Waals surface area contributed by atoms with Crippen molar-refractivity contribution in [2.45, 2.75) is 19.3 Å². The minimum atomic E-state index is -0.451. The maximum absolute atomic E-state index is 10.9. The van der Waals surface area contributed by atoms with Gasteiger partial charge in [-0.25, -0.2) is 4.98 Å². The van der Waals surface area contributed by atoms with Crippen molar-refractivity contribution < 1.29 is 9.53 Å². The molecule has 2 rings (SSSR count). The predicted molar refractivity (Wildman–Crippen MR) is 69.4 cm³/mol. The molecule has 1 aromatic heterocycles. The van der Waals surface area contributed by atoms with Crippen molar-refractivity contribution >= 4 is 11.7 Å². The summed E-state index contributed by atoms with van der Waals surface area (Å²) >= 11 is 0. The van der Waals surface area contributed by atoms with E-state index in [1.54, 1.807) is 12.1 Å². The van der Waals surface area contributed by atoms with E-state index in [9.17, 15) is 4.79 Å². The number of amides is 1. The summed E-state index contributed by atoms with van der Waals surface area (Å²) in [7, 11) is 0. The normalized spacial score (nSPS) is 19.4. The highest BCUT2D eigenvalue weighted by Crippen LogP contribution is 2.17. The van der Waals surface area contributed by atoms with Crippen LogP contribution in [0.2, 0.25) is 0 Å². The van der Waals surface area contributed by atoms with Crippen LogP contribution in [0.25, 0.3) is 0 Å². The lowest BCUT2D eigenvalue weighted by molar-refractivity contribution is 0.0530.